The van der Waals surface area contributed by atoms with Crippen LogP contribution in [0.2, 0.25) is 0 Å². The molecule has 1 aromatic heterocycles. The molecular formula is C8H14N2S. The minimum absolute atomic E-state index is 0.977. The molecule has 0 aromatic carbocycles. The van der Waals surface area contributed by atoms with Gasteiger partial charge in [-0.15, -0.1) is 0 Å². The Morgan fingerprint density at radius 1 is 1.55 bits per heavy atom. The highest BCUT2D eigenvalue weighted by molar-refractivity contribution is 7.80. The van der Waals surface area contributed by atoms with Crippen LogP contribution in [-0.4, -0.2) is 15.3 Å². The molecule has 11 heavy (non-hydrogen) atoms. The van der Waals surface area contributed by atoms with Crippen LogP contribution in [0.15, 0.2) is 12.4 Å². The number of aromatic nitrogens is 2. The van der Waals surface area contributed by atoms with Gasteiger partial charge in [-0.25, -0.2) is 4.98 Å². The minimum Gasteiger partial charge on any atom is -0.338 e. The molecule has 0 spiro atoms. The molecule has 2 nitrogen and oxygen atoms in total. The van der Waals surface area contributed by atoms with Gasteiger partial charge in [-0.3, -0.25) is 0 Å². The van der Waals surface area contributed by atoms with Crippen molar-refractivity contribution in [3.63, 3.8) is 0 Å². The molecule has 0 atom stereocenters. The normalized spacial score (nSPS) is 10.4. The summed E-state index contributed by atoms with van der Waals surface area (Å²) in [6.45, 7) is 0. The molecule has 0 aliphatic heterocycles. The summed E-state index contributed by atoms with van der Waals surface area (Å²) < 4.78 is 2.07. The second-order valence-electron chi connectivity index (χ2n) is 2.64. The van der Waals surface area contributed by atoms with Crippen molar-refractivity contribution in [2.75, 3.05) is 5.75 Å². The van der Waals surface area contributed by atoms with E-state index in [9.17, 15) is 0 Å². The quantitative estimate of drug-likeness (QED) is 0.537. The van der Waals surface area contributed by atoms with E-state index in [1.165, 1.54) is 18.7 Å². The van der Waals surface area contributed by atoms with Crippen LogP contribution >= 0.6 is 12.6 Å². The number of hydrogen-bond acceptors (Lipinski definition) is 2. The monoisotopic (exact) mass is 170 g/mol. The van der Waals surface area contributed by atoms with E-state index >= 15 is 0 Å². The van der Waals surface area contributed by atoms with Crippen LogP contribution in [0, 0.1) is 0 Å². The molecule has 0 aliphatic rings. The summed E-state index contributed by atoms with van der Waals surface area (Å²) in [5.41, 5.74) is 0. The van der Waals surface area contributed by atoms with Crippen LogP contribution < -0.4 is 0 Å². The first kappa shape index (κ1) is 8.65. The lowest BCUT2D eigenvalue weighted by molar-refractivity contribution is 0.716. The molecule has 0 fully saturated rings. The zero-order valence-corrected chi connectivity index (χ0v) is 7.72. The summed E-state index contributed by atoms with van der Waals surface area (Å²) in [4.78, 5) is 4.23. The molecule has 0 aliphatic carbocycles. The van der Waals surface area contributed by atoms with Gasteiger partial charge in [-0.2, -0.15) is 12.6 Å². The highest BCUT2D eigenvalue weighted by atomic mass is 32.1. The molecule has 1 heterocycles. The van der Waals surface area contributed by atoms with Crippen molar-refractivity contribution in [3.05, 3.63) is 18.2 Å². The highest BCUT2D eigenvalue weighted by Gasteiger charge is 1.96. The topological polar surface area (TPSA) is 17.8 Å². The van der Waals surface area contributed by atoms with Gasteiger partial charge in [0.15, 0.2) is 0 Å². The maximum atomic E-state index is 4.23. The van der Waals surface area contributed by atoms with Crippen LogP contribution in [0.1, 0.15) is 18.7 Å². The van der Waals surface area contributed by atoms with Gasteiger partial charge >= 0.3 is 0 Å². The summed E-state index contributed by atoms with van der Waals surface area (Å²) in [7, 11) is 2.03. The number of imidazole rings is 1. The van der Waals surface area contributed by atoms with Gasteiger partial charge in [0, 0.05) is 25.9 Å². The third-order valence-electron chi connectivity index (χ3n) is 1.73. The molecule has 62 valence electrons. The fraction of sp³-hybridized carbons (Fsp3) is 0.625. The first-order valence-corrected chi connectivity index (χ1v) is 4.55. The molecule has 0 N–H and O–H groups in total. The van der Waals surface area contributed by atoms with E-state index < -0.39 is 0 Å². The van der Waals surface area contributed by atoms with Crippen molar-refractivity contribution in [3.8, 4) is 0 Å². The zero-order chi connectivity index (χ0) is 8.10. The molecule has 0 amide bonds. The number of rotatable bonds is 4. The molecule has 0 unspecified atom stereocenters. The Balaban J connectivity index is 2.32. The van der Waals surface area contributed by atoms with Crippen molar-refractivity contribution < 1.29 is 0 Å². The first-order chi connectivity index (χ1) is 5.34. The number of hydrogen-bond donors (Lipinski definition) is 1. The summed E-state index contributed by atoms with van der Waals surface area (Å²) in [5, 5.41) is 0. The number of nitrogens with zero attached hydrogens (tertiary/aromatic N) is 2. The van der Waals surface area contributed by atoms with Crippen molar-refractivity contribution in [2.24, 2.45) is 7.05 Å². The summed E-state index contributed by atoms with van der Waals surface area (Å²) in [6.07, 6.45) is 7.26. The molecule has 0 radical (unpaired) electrons. The van der Waals surface area contributed by atoms with E-state index in [1.54, 1.807) is 0 Å². The fourth-order valence-corrected chi connectivity index (χ4v) is 1.26. The predicted octanol–water partition coefficient (Wildman–Crippen LogP) is 1.67. The number of thiol groups is 1. The SMILES string of the molecule is Cn1ccnc1CCCCS. The van der Waals surface area contributed by atoms with Gasteiger partial charge in [0.1, 0.15) is 5.82 Å². The van der Waals surface area contributed by atoms with E-state index in [-0.39, 0.29) is 0 Å². The van der Waals surface area contributed by atoms with E-state index in [4.69, 9.17) is 0 Å². The second-order valence-corrected chi connectivity index (χ2v) is 3.08. The first-order valence-electron chi connectivity index (χ1n) is 3.91. The van der Waals surface area contributed by atoms with E-state index in [0.29, 0.717) is 0 Å². The zero-order valence-electron chi connectivity index (χ0n) is 6.82. The Kier molecular flexibility index (Phi) is 3.49. The van der Waals surface area contributed by atoms with Crippen molar-refractivity contribution >= 4 is 12.6 Å². The molecular weight excluding hydrogens is 156 g/mol. The van der Waals surface area contributed by atoms with Crippen LogP contribution in [0.4, 0.5) is 0 Å². The molecule has 1 rings (SSSR count). The average Bonchev–Trinajstić information content (AvgIpc) is 2.37. The Hall–Kier alpha value is -0.440. The largest absolute Gasteiger partial charge is 0.338 e. The van der Waals surface area contributed by atoms with Gasteiger partial charge in [-0.1, -0.05) is 0 Å². The highest BCUT2D eigenvalue weighted by Crippen LogP contribution is 2.01. The van der Waals surface area contributed by atoms with Gasteiger partial charge in [0.25, 0.3) is 0 Å². The average molecular weight is 170 g/mol. The maximum absolute atomic E-state index is 4.23. The van der Waals surface area contributed by atoms with E-state index in [0.717, 1.165) is 12.2 Å². The molecule has 3 heteroatoms. The predicted molar refractivity (Wildman–Crippen MR) is 50.0 cm³/mol. The van der Waals surface area contributed by atoms with Gasteiger partial charge in [-0.05, 0) is 18.6 Å². The van der Waals surface area contributed by atoms with Crippen molar-refractivity contribution in [1.82, 2.24) is 9.55 Å². The third-order valence-corrected chi connectivity index (χ3v) is 2.05. The minimum atomic E-state index is 0.977. The maximum Gasteiger partial charge on any atom is 0.108 e. The van der Waals surface area contributed by atoms with Crippen molar-refractivity contribution in [2.45, 2.75) is 19.3 Å². The lowest BCUT2D eigenvalue weighted by atomic mass is 10.2. The fourth-order valence-electron chi connectivity index (χ4n) is 1.03. The van der Waals surface area contributed by atoms with Crippen molar-refractivity contribution in [1.29, 1.82) is 0 Å². The van der Waals surface area contributed by atoms with Gasteiger partial charge in [0.2, 0.25) is 0 Å². The summed E-state index contributed by atoms with van der Waals surface area (Å²) >= 11 is 4.15. The number of aryl methyl sites for hydroxylation is 2. The second kappa shape index (κ2) is 4.44. The van der Waals surface area contributed by atoms with E-state index in [2.05, 4.69) is 22.2 Å². The molecule has 0 saturated heterocycles. The Labute approximate surface area is 73.0 Å². The van der Waals surface area contributed by atoms with Gasteiger partial charge in [0.05, 0.1) is 0 Å². The summed E-state index contributed by atoms with van der Waals surface area (Å²) in [5.74, 6) is 2.15. The Bertz CT molecular complexity index is 208. The van der Waals surface area contributed by atoms with Crippen LogP contribution in [0.25, 0.3) is 0 Å². The number of unbranched alkanes of at least 4 members (excludes halogenated alkanes) is 1. The lowest BCUT2D eigenvalue weighted by Gasteiger charge is -1.99. The standard InChI is InChI=1S/C8H14N2S/c1-10-6-5-9-8(10)4-2-3-7-11/h5-6,11H,2-4,7H2,1H3. The smallest absolute Gasteiger partial charge is 0.108 e. The van der Waals surface area contributed by atoms with Crippen LogP contribution in [0.3, 0.4) is 0 Å². The Morgan fingerprint density at radius 3 is 2.91 bits per heavy atom. The summed E-state index contributed by atoms with van der Waals surface area (Å²) in [6, 6.07) is 0. The molecule has 0 saturated carbocycles. The molecule has 0 bridgehead atoms. The Morgan fingerprint density at radius 2 is 2.36 bits per heavy atom. The van der Waals surface area contributed by atoms with Gasteiger partial charge < -0.3 is 4.57 Å². The third kappa shape index (κ3) is 2.58. The molecule has 1 aromatic rings. The van der Waals surface area contributed by atoms with Crippen LogP contribution in [-0.2, 0) is 13.5 Å². The van der Waals surface area contributed by atoms with E-state index in [1.807, 2.05) is 19.4 Å². The lowest BCUT2D eigenvalue weighted by Crippen LogP contribution is -1.97. The van der Waals surface area contributed by atoms with Crippen LogP contribution in [0.5, 0.6) is 0 Å².